The van der Waals surface area contributed by atoms with Gasteiger partial charge in [-0.05, 0) is 55.5 Å². The van der Waals surface area contributed by atoms with Crippen molar-refractivity contribution in [1.29, 1.82) is 0 Å². The van der Waals surface area contributed by atoms with Gasteiger partial charge < -0.3 is 5.11 Å². The molecule has 2 aromatic carbocycles. The largest absolute Gasteiger partial charge is 0.492 e. The number of para-hydroxylation sites is 1. The highest BCUT2D eigenvalue weighted by molar-refractivity contribution is 7.73. The van der Waals surface area contributed by atoms with Gasteiger partial charge in [-0.2, -0.15) is 4.68 Å². The molecule has 1 aliphatic heterocycles. The van der Waals surface area contributed by atoms with Crippen LogP contribution in [0.15, 0.2) is 53.5 Å². The number of halogens is 1. The fourth-order valence-corrected chi connectivity index (χ4v) is 4.19. The zero-order valence-electron chi connectivity index (χ0n) is 14.6. The summed E-state index contributed by atoms with van der Waals surface area (Å²) in [5.74, 6) is -0.522. The zero-order valence-corrected chi connectivity index (χ0v) is 17.0. The van der Waals surface area contributed by atoms with E-state index in [4.69, 9.17) is 23.8 Å². The molecular weight excluding hydrogens is 414 g/mol. The number of thiazole rings is 1. The highest BCUT2D eigenvalue weighted by atomic mass is 35.5. The molecule has 1 amide bonds. The topological polar surface area (TPSA) is 66.6 Å². The third kappa shape index (κ3) is 3.40. The minimum atomic E-state index is -0.399. The number of carbonyl (C=O) groups is 1. The van der Waals surface area contributed by atoms with Crippen LogP contribution < -0.4 is 5.43 Å². The Morgan fingerprint density at radius 2 is 1.96 bits per heavy atom. The van der Waals surface area contributed by atoms with Crippen LogP contribution in [0.5, 0.6) is 5.88 Å². The molecule has 0 spiro atoms. The van der Waals surface area contributed by atoms with Gasteiger partial charge in [-0.3, -0.25) is 15.2 Å². The normalized spacial score (nSPS) is 14.1. The number of aromatic hydroxyl groups is 1. The predicted octanol–water partition coefficient (Wildman–Crippen LogP) is 5.67. The Labute approximate surface area is 175 Å². The van der Waals surface area contributed by atoms with Gasteiger partial charge in [0.1, 0.15) is 0 Å². The van der Waals surface area contributed by atoms with E-state index in [1.54, 1.807) is 24.3 Å². The molecule has 3 aromatic rings. The van der Waals surface area contributed by atoms with Crippen molar-refractivity contribution < 1.29 is 9.90 Å². The molecule has 0 atom stereocenters. The Bertz CT molecular complexity index is 1210. The van der Waals surface area contributed by atoms with E-state index < -0.39 is 5.91 Å². The average Bonchev–Trinajstić information content (AvgIpc) is 3.13. The average molecular weight is 428 g/mol. The molecule has 140 valence electrons. The molecule has 1 aliphatic rings. The van der Waals surface area contributed by atoms with Crippen LogP contribution in [0, 0.1) is 3.95 Å². The van der Waals surface area contributed by atoms with Gasteiger partial charge in [0, 0.05) is 27.4 Å². The molecule has 0 saturated heterocycles. The lowest BCUT2D eigenvalue weighted by Gasteiger charge is -2.07. The van der Waals surface area contributed by atoms with Crippen molar-refractivity contribution in [2.45, 2.75) is 6.92 Å². The summed E-state index contributed by atoms with van der Waals surface area (Å²) in [5, 5.41) is 11.2. The van der Waals surface area contributed by atoms with Crippen LogP contribution in [-0.4, -0.2) is 21.4 Å². The number of nitrogens with one attached hydrogen (secondary N) is 1. The third-order valence-electron chi connectivity index (χ3n) is 4.28. The lowest BCUT2D eigenvalue weighted by atomic mass is 10.0. The maximum Gasteiger partial charge on any atom is 0.270 e. The molecule has 0 unspecified atom stereocenters. The summed E-state index contributed by atoms with van der Waals surface area (Å²) in [4.78, 5) is 17.5. The predicted molar refractivity (Wildman–Crippen MR) is 117 cm³/mol. The number of aromatic nitrogens is 1. The lowest BCUT2D eigenvalue weighted by molar-refractivity contribution is 0.101. The number of nitrogens with zero attached hydrogens (tertiary/aromatic N) is 2. The van der Waals surface area contributed by atoms with Crippen LogP contribution in [0.2, 0.25) is 5.02 Å². The van der Waals surface area contributed by atoms with Crippen LogP contribution in [-0.2, 0) is 0 Å². The first-order valence-electron chi connectivity index (χ1n) is 8.32. The lowest BCUT2D eigenvalue weighted by Crippen LogP contribution is -2.22. The van der Waals surface area contributed by atoms with Crippen LogP contribution in [0.3, 0.4) is 0 Å². The number of fused-ring (bicyclic) bond motifs is 1. The minimum absolute atomic E-state index is 0.123. The first kappa shape index (κ1) is 18.6. The molecule has 5 nitrogen and oxygen atoms in total. The Hall–Kier alpha value is -2.74. The highest BCUT2D eigenvalue weighted by Gasteiger charge is 2.20. The van der Waals surface area contributed by atoms with E-state index in [1.807, 2.05) is 37.3 Å². The van der Waals surface area contributed by atoms with E-state index in [0.29, 0.717) is 19.4 Å². The maximum atomic E-state index is 12.4. The SMILES string of the molecule is CC1=Nc2ccccc2C1=Cc1sc(=S)n(NC(=O)c2ccc(Cl)cc2)c1O. The zero-order chi connectivity index (χ0) is 19.8. The number of hydrogen-bond donors (Lipinski definition) is 2. The Morgan fingerprint density at radius 3 is 2.71 bits per heavy atom. The summed E-state index contributed by atoms with van der Waals surface area (Å²) in [7, 11) is 0. The van der Waals surface area contributed by atoms with Gasteiger partial charge in [0.05, 0.1) is 10.6 Å². The monoisotopic (exact) mass is 427 g/mol. The molecule has 0 radical (unpaired) electrons. The van der Waals surface area contributed by atoms with Crippen molar-refractivity contribution in [3.63, 3.8) is 0 Å². The summed E-state index contributed by atoms with van der Waals surface area (Å²) in [5.41, 5.74) is 6.69. The number of aliphatic imine (C=N–C) groups is 1. The molecule has 0 bridgehead atoms. The molecule has 28 heavy (non-hydrogen) atoms. The Morgan fingerprint density at radius 1 is 1.25 bits per heavy atom. The molecule has 1 aromatic heterocycles. The summed E-state index contributed by atoms with van der Waals surface area (Å²) < 4.78 is 1.53. The van der Waals surface area contributed by atoms with E-state index in [1.165, 1.54) is 16.0 Å². The van der Waals surface area contributed by atoms with Crippen molar-refractivity contribution in [1.82, 2.24) is 4.68 Å². The van der Waals surface area contributed by atoms with Crippen LogP contribution in [0.1, 0.15) is 27.7 Å². The molecule has 0 saturated carbocycles. The van der Waals surface area contributed by atoms with E-state index in [0.717, 1.165) is 22.5 Å². The quantitative estimate of drug-likeness (QED) is 0.529. The Kier molecular flexibility index (Phi) is 4.89. The molecule has 0 fully saturated rings. The summed E-state index contributed by atoms with van der Waals surface area (Å²) in [6.07, 6.45) is 1.84. The van der Waals surface area contributed by atoms with E-state index in [9.17, 15) is 9.90 Å². The fourth-order valence-electron chi connectivity index (χ4n) is 2.89. The van der Waals surface area contributed by atoms with Gasteiger partial charge >= 0.3 is 0 Å². The van der Waals surface area contributed by atoms with Gasteiger partial charge in [-0.15, -0.1) is 0 Å². The fraction of sp³-hybridized carbons (Fsp3) is 0.0500. The number of rotatable bonds is 3. The number of allylic oxidation sites excluding steroid dienone is 1. The first-order valence-corrected chi connectivity index (χ1v) is 9.93. The summed E-state index contributed by atoms with van der Waals surface area (Å²) in [6, 6.07) is 14.3. The molecule has 0 aliphatic carbocycles. The third-order valence-corrected chi connectivity index (χ3v) is 5.84. The van der Waals surface area contributed by atoms with Crippen molar-refractivity contribution >= 4 is 64.1 Å². The van der Waals surface area contributed by atoms with E-state index in [2.05, 4.69) is 10.4 Å². The Balaban J connectivity index is 1.67. The highest BCUT2D eigenvalue weighted by Crippen LogP contribution is 2.38. The van der Waals surface area contributed by atoms with Crippen LogP contribution in [0.4, 0.5) is 5.69 Å². The van der Waals surface area contributed by atoms with Gasteiger partial charge in [0.15, 0.2) is 3.95 Å². The van der Waals surface area contributed by atoms with Gasteiger partial charge in [-0.25, -0.2) is 0 Å². The van der Waals surface area contributed by atoms with Crippen LogP contribution >= 0.6 is 35.2 Å². The minimum Gasteiger partial charge on any atom is -0.492 e. The number of carbonyl (C=O) groups excluding carboxylic acids is 1. The molecule has 2 heterocycles. The van der Waals surface area contributed by atoms with Crippen molar-refractivity contribution in [2.75, 3.05) is 5.43 Å². The second-order valence-electron chi connectivity index (χ2n) is 6.11. The second kappa shape index (κ2) is 7.35. The second-order valence-corrected chi connectivity index (χ2v) is 8.22. The first-order chi connectivity index (χ1) is 13.4. The summed E-state index contributed by atoms with van der Waals surface area (Å²) in [6.45, 7) is 1.92. The van der Waals surface area contributed by atoms with Crippen molar-refractivity contribution in [3.05, 3.63) is 73.5 Å². The standard InChI is InChI=1S/C20H14ClN3O2S2/c1-11-15(14-4-2-3-5-16(14)22-11)10-17-19(26)24(20(27)28-17)23-18(25)12-6-8-13(21)9-7-12/h2-10,26H,1H3,(H,23,25). The number of hydrogen-bond acceptors (Lipinski definition) is 5. The number of amides is 1. The van der Waals surface area contributed by atoms with Gasteiger partial charge in [0.25, 0.3) is 5.91 Å². The van der Waals surface area contributed by atoms with Crippen molar-refractivity contribution in [2.24, 2.45) is 4.99 Å². The number of benzene rings is 2. The molecule has 4 rings (SSSR count). The smallest absolute Gasteiger partial charge is 0.270 e. The van der Waals surface area contributed by atoms with Gasteiger partial charge in [-0.1, -0.05) is 41.1 Å². The van der Waals surface area contributed by atoms with E-state index in [-0.39, 0.29) is 5.88 Å². The van der Waals surface area contributed by atoms with Crippen molar-refractivity contribution in [3.8, 4) is 5.88 Å². The molecule has 8 heteroatoms. The van der Waals surface area contributed by atoms with E-state index >= 15 is 0 Å². The molecule has 2 N–H and O–H groups in total. The molecular formula is C20H14ClN3O2S2. The summed E-state index contributed by atoms with van der Waals surface area (Å²) >= 11 is 12.4. The van der Waals surface area contributed by atoms with Gasteiger partial charge in [0.2, 0.25) is 5.88 Å². The van der Waals surface area contributed by atoms with Crippen LogP contribution in [0.25, 0.3) is 11.6 Å². The maximum absolute atomic E-state index is 12.4.